The molecule has 0 bridgehead atoms. The van der Waals surface area contributed by atoms with E-state index >= 15 is 0 Å². The minimum Gasteiger partial charge on any atom is -0.436 e. The van der Waals surface area contributed by atoms with Crippen molar-refractivity contribution in [2.75, 3.05) is 17.6 Å². The highest BCUT2D eigenvalue weighted by Crippen LogP contribution is 2.33. The van der Waals surface area contributed by atoms with Gasteiger partial charge in [-0.2, -0.15) is 0 Å². The average Bonchev–Trinajstić information content (AvgIpc) is 2.75. The number of ether oxygens (including phenoxy) is 3. The lowest BCUT2D eigenvalue weighted by atomic mass is 9.97. The van der Waals surface area contributed by atoms with Gasteiger partial charge in [-0.3, -0.25) is 4.79 Å². The molecule has 0 spiro atoms. The minimum absolute atomic E-state index is 0.0102. The number of carbonyl (C=O) groups excluding carboxylic acids is 1. The Hall–Kier alpha value is -2.89. The topological polar surface area (TPSA) is 108 Å². The number of anilines is 1. The van der Waals surface area contributed by atoms with E-state index in [2.05, 4.69) is 9.97 Å². The monoisotopic (exact) mass is 521 g/mol. The van der Waals surface area contributed by atoms with Gasteiger partial charge in [0.25, 0.3) is 0 Å². The molecule has 36 heavy (non-hydrogen) atoms. The van der Waals surface area contributed by atoms with Crippen molar-refractivity contribution in [1.29, 1.82) is 0 Å². The maximum Gasteiger partial charge on any atom is 0.304 e. The van der Waals surface area contributed by atoms with Gasteiger partial charge in [0.2, 0.25) is 22.3 Å². The maximum atomic E-state index is 13.7. The van der Waals surface area contributed by atoms with E-state index in [0.29, 0.717) is 22.5 Å². The van der Waals surface area contributed by atoms with Crippen molar-refractivity contribution >= 4 is 28.0 Å². The number of esters is 1. The Labute approximate surface area is 211 Å². The molecular formula is C25H32FN3O6S. The normalized spacial score (nSPS) is 20.0. The zero-order valence-electron chi connectivity index (χ0n) is 21.5. The molecule has 2 atom stereocenters. The largest absolute Gasteiger partial charge is 0.436 e. The summed E-state index contributed by atoms with van der Waals surface area (Å²) in [6.45, 7) is 8.64. The van der Waals surface area contributed by atoms with Crippen LogP contribution in [0.5, 0.6) is 0 Å². The van der Waals surface area contributed by atoms with Crippen LogP contribution in [0.2, 0.25) is 0 Å². The zero-order chi connectivity index (χ0) is 26.8. The fourth-order valence-electron chi connectivity index (χ4n) is 3.77. The molecule has 0 radical (unpaired) electrons. The summed E-state index contributed by atoms with van der Waals surface area (Å²) in [5, 5.41) is 0. The quantitative estimate of drug-likeness (QED) is 0.498. The standard InChI is InChI=1S/C25H32FN3O6S/c1-15(2)22-20(13-12-19-14-21(33-16(3)30)35-25(4,5)34-19)23(17-8-10-18(26)11-9-17)28-24(27-22)29(6)36(7,31)32/h8-13,15,19,21H,14H2,1-7H3/b13-12+/t19-,21+/m1/s1. The Balaban J connectivity index is 2.13. The Morgan fingerprint density at radius 1 is 1.22 bits per heavy atom. The van der Waals surface area contributed by atoms with Crippen LogP contribution in [0.3, 0.4) is 0 Å². The van der Waals surface area contributed by atoms with Crippen LogP contribution >= 0.6 is 0 Å². The molecular weight excluding hydrogens is 489 g/mol. The Bertz CT molecular complexity index is 1250. The number of sulfonamides is 1. The summed E-state index contributed by atoms with van der Waals surface area (Å²) in [7, 11) is -2.24. The molecule has 196 valence electrons. The van der Waals surface area contributed by atoms with E-state index in [-0.39, 0.29) is 18.3 Å². The summed E-state index contributed by atoms with van der Waals surface area (Å²) in [5.41, 5.74) is 2.28. The first kappa shape index (κ1) is 27.7. The molecule has 0 N–H and O–H groups in total. The highest BCUT2D eigenvalue weighted by Gasteiger charge is 2.36. The molecule has 0 unspecified atom stereocenters. The van der Waals surface area contributed by atoms with E-state index in [4.69, 9.17) is 14.2 Å². The number of rotatable bonds is 7. The molecule has 1 aliphatic heterocycles. The molecule has 1 aliphatic rings. The van der Waals surface area contributed by atoms with Gasteiger partial charge in [0, 0.05) is 31.5 Å². The third-order valence-electron chi connectivity index (χ3n) is 5.46. The van der Waals surface area contributed by atoms with Crippen molar-refractivity contribution in [2.24, 2.45) is 0 Å². The van der Waals surface area contributed by atoms with E-state index in [1.54, 1.807) is 38.1 Å². The van der Waals surface area contributed by atoms with Crippen molar-refractivity contribution in [3.05, 3.63) is 47.4 Å². The first-order valence-corrected chi connectivity index (χ1v) is 13.3. The fourth-order valence-corrected chi connectivity index (χ4v) is 4.15. The molecule has 0 aliphatic carbocycles. The van der Waals surface area contributed by atoms with Crippen LogP contribution in [-0.4, -0.2) is 55.8 Å². The summed E-state index contributed by atoms with van der Waals surface area (Å²) in [5.74, 6) is -1.94. The second-order valence-electron chi connectivity index (χ2n) is 9.37. The van der Waals surface area contributed by atoms with Gasteiger partial charge in [-0.15, -0.1) is 0 Å². The van der Waals surface area contributed by atoms with Crippen LogP contribution in [0.15, 0.2) is 30.3 Å². The Morgan fingerprint density at radius 3 is 2.42 bits per heavy atom. The SMILES string of the molecule is CC(=O)O[C@@H]1C[C@@H](/C=C/c2c(-c3ccc(F)cc3)nc(N(C)S(C)(=O)=O)nc2C(C)C)OC(C)(C)O1. The number of halogens is 1. The number of hydrogen-bond acceptors (Lipinski definition) is 8. The van der Waals surface area contributed by atoms with E-state index in [9.17, 15) is 17.6 Å². The number of aromatic nitrogens is 2. The van der Waals surface area contributed by atoms with Crippen molar-refractivity contribution in [2.45, 2.75) is 65.1 Å². The second-order valence-corrected chi connectivity index (χ2v) is 11.4. The molecule has 1 saturated heterocycles. The van der Waals surface area contributed by atoms with Gasteiger partial charge < -0.3 is 14.2 Å². The Kier molecular flexibility index (Phi) is 8.17. The van der Waals surface area contributed by atoms with Gasteiger partial charge in [-0.25, -0.2) is 27.1 Å². The van der Waals surface area contributed by atoms with Crippen LogP contribution in [-0.2, 0) is 29.0 Å². The van der Waals surface area contributed by atoms with E-state index in [1.807, 2.05) is 13.8 Å². The van der Waals surface area contributed by atoms with Gasteiger partial charge in [-0.05, 0) is 44.0 Å². The lowest BCUT2D eigenvalue weighted by Gasteiger charge is -2.39. The summed E-state index contributed by atoms with van der Waals surface area (Å²) >= 11 is 0. The van der Waals surface area contributed by atoms with Crippen molar-refractivity contribution in [1.82, 2.24) is 9.97 Å². The van der Waals surface area contributed by atoms with Crippen molar-refractivity contribution in [3.8, 4) is 11.3 Å². The predicted molar refractivity (Wildman–Crippen MR) is 134 cm³/mol. The van der Waals surface area contributed by atoms with Gasteiger partial charge in [0.1, 0.15) is 5.82 Å². The van der Waals surface area contributed by atoms with E-state index in [1.165, 1.54) is 26.1 Å². The second kappa shape index (κ2) is 10.6. The first-order valence-electron chi connectivity index (χ1n) is 11.5. The van der Waals surface area contributed by atoms with Gasteiger partial charge >= 0.3 is 5.97 Å². The van der Waals surface area contributed by atoms with Gasteiger partial charge in [0.05, 0.1) is 23.7 Å². The first-order chi connectivity index (χ1) is 16.7. The van der Waals surface area contributed by atoms with Gasteiger partial charge in [0.15, 0.2) is 5.79 Å². The molecule has 3 rings (SSSR count). The lowest BCUT2D eigenvalue weighted by molar-refractivity contribution is -0.335. The van der Waals surface area contributed by atoms with E-state index < -0.39 is 40.0 Å². The molecule has 1 aromatic heterocycles. The summed E-state index contributed by atoms with van der Waals surface area (Å²) < 4.78 is 56.0. The zero-order valence-corrected chi connectivity index (χ0v) is 22.3. The third-order valence-corrected chi connectivity index (χ3v) is 6.62. The number of hydrogen-bond donors (Lipinski definition) is 0. The Morgan fingerprint density at radius 2 is 1.86 bits per heavy atom. The molecule has 1 fully saturated rings. The molecule has 0 amide bonds. The highest BCUT2D eigenvalue weighted by atomic mass is 32.2. The van der Waals surface area contributed by atoms with Crippen LogP contribution in [0, 0.1) is 5.82 Å². The smallest absolute Gasteiger partial charge is 0.304 e. The predicted octanol–water partition coefficient (Wildman–Crippen LogP) is 4.25. The van der Waals surface area contributed by atoms with Crippen molar-refractivity contribution in [3.63, 3.8) is 0 Å². The van der Waals surface area contributed by atoms with Crippen LogP contribution in [0.4, 0.5) is 10.3 Å². The van der Waals surface area contributed by atoms with Crippen LogP contribution in [0.25, 0.3) is 17.3 Å². The molecule has 2 aromatic rings. The molecule has 0 saturated carbocycles. The molecule has 2 heterocycles. The lowest BCUT2D eigenvalue weighted by Crippen LogP contribution is -2.45. The minimum atomic E-state index is -3.62. The number of carbonyl (C=O) groups is 1. The number of nitrogens with zero attached hydrogens (tertiary/aromatic N) is 3. The van der Waals surface area contributed by atoms with E-state index in [0.717, 1.165) is 10.6 Å². The molecule has 11 heteroatoms. The van der Waals surface area contributed by atoms with Crippen molar-refractivity contribution < 1.29 is 31.8 Å². The highest BCUT2D eigenvalue weighted by molar-refractivity contribution is 7.92. The molecule has 9 nitrogen and oxygen atoms in total. The summed E-state index contributed by atoms with van der Waals surface area (Å²) in [4.78, 5) is 20.6. The summed E-state index contributed by atoms with van der Waals surface area (Å²) in [6, 6.07) is 5.78. The van der Waals surface area contributed by atoms with Crippen LogP contribution in [0.1, 0.15) is 58.2 Å². The average molecular weight is 522 g/mol. The summed E-state index contributed by atoms with van der Waals surface area (Å²) in [6.07, 6.45) is 3.72. The fraction of sp³-hybridized carbons (Fsp3) is 0.480. The van der Waals surface area contributed by atoms with Gasteiger partial charge in [-0.1, -0.05) is 26.0 Å². The maximum absolute atomic E-state index is 13.7. The number of benzene rings is 1. The third kappa shape index (κ3) is 6.86. The van der Waals surface area contributed by atoms with Crippen LogP contribution < -0.4 is 4.31 Å². The molecule has 1 aromatic carbocycles.